The Morgan fingerprint density at radius 3 is 2.48 bits per heavy atom. The van der Waals surface area contributed by atoms with Gasteiger partial charge in [0.05, 0.1) is 22.6 Å². The summed E-state index contributed by atoms with van der Waals surface area (Å²) in [6.45, 7) is 0. The van der Waals surface area contributed by atoms with E-state index in [0.717, 1.165) is 0 Å². The number of nitrogens with two attached hydrogens (primary N) is 1. The van der Waals surface area contributed by atoms with Gasteiger partial charge in [-0.05, 0) is 36.4 Å². The lowest BCUT2D eigenvalue weighted by molar-refractivity contribution is 0.475. The molecule has 0 radical (unpaired) electrons. The molecule has 0 aliphatic heterocycles. The van der Waals surface area contributed by atoms with Gasteiger partial charge >= 0.3 is 0 Å². The van der Waals surface area contributed by atoms with Crippen molar-refractivity contribution in [3.8, 4) is 28.3 Å². The third kappa shape index (κ3) is 3.21. The predicted molar refractivity (Wildman–Crippen MR) is 89.0 cm³/mol. The lowest BCUT2D eigenvalue weighted by atomic mass is 10.0. The fraction of sp³-hybridized carbons (Fsp3) is 0. The molecule has 0 spiro atoms. The van der Waals surface area contributed by atoms with Crippen molar-refractivity contribution in [2.45, 2.75) is 0 Å². The molecule has 0 aliphatic rings. The highest BCUT2D eigenvalue weighted by Gasteiger charge is 2.14. The van der Waals surface area contributed by atoms with Crippen LogP contribution in [-0.2, 0) is 0 Å². The molecule has 1 heterocycles. The molecule has 0 amide bonds. The van der Waals surface area contributed by atoms with E-state index in [1.165, 1.54) is 24.4 Å². The minimum absolute atomic E-state index is 0.0471. The molecule has 3 aromatic rings. The quantitative estimate of drug-likeness (QED) is 0.712. The zero-order valence-electron chi connectivity index (χ0n) is 11.6. The van der Waals surface area contributed by atoms with E-state index in [4.69, 9.17) is 28.9 Å². The molecule has 4 nitrogen and oxygen atoms in total. The number of hydrogen-bond donors (Lipinski definition) is 2. The highest BCUT2D eigenvalue weighted by atomic mass is 35.5. The summed E-state index contributed by atoms with van der Waals surface area (Å²) in [7, 11) is 0. The number of rotatable bonds is 2. The number of nitrogen functional groups attached to an aromatic ring is 1. The standard InChI is InChI=1S/C16H10Cl2FN3O/c17-10-3-9(4-11(19)6-10)16-15(21-7-14(20)22-16)8-1-2-13(23)12(18)5-8/h1-7,23H,(H2,20,22). The van der Waals surface area contributed by atoms with Crippen molar-refractivity contribution < 1.29 is 9.50 Å². The number of anilines is 1. The van der Waals surface area contributed by atoms with Crippen LogP contribution in [-0.4, -0.2) is 15.1 Å². The van der Waals surface area contributed by atoms with Crippen LogP contribution < -0.4 is 5.73 Å². The number of phenols is 1. The van der Waals surface area contributed by atoms with Crippen molar-refractivity contribution in [2.24, 2.45) is 0 Å². The molecule has 3 N–H and O–H groups in total. The summed E-state index contributed by atoms with van der Waals surface area (Å²) in [4.78, 5) is 8.50. The Bertz CT molecular complexity index is 882. The van der Waals surface area contributed by atoms with Gasteiger partial charge in [-0.1, -0.05) is 23.2 Å². The number of nitrogens with zero attached hydrogens (tertiary/aromatic N) is 2. The molecule has 0 saturated heterocycles. The second-order valence-electron chi connectivity index (χ2n) is 4.82. The first-order valence-electron chi connectivity index (χ1n) is 6.52. The van der Waals surface area contributed by atoms with Gasteiger partial charge < -0.3 is 10.8 Å². The second kappa shape index (κ2) is 6.02. The van der Waals surface area contributed by atoms with Crippen molar-refractivity contribution in [3.05, 3.63) is 58.5 Å². The summed E-state index contributed by atoms with van der Waals surface area (Å²) in [5, 5.41) is 9.94. The average Bonchev–Trinajstić information content (AvgIpc) is 2.49. The van der Waals surface area contributed by atoms with Crippen molar-refractivity contribution >= 4 is 29.0 Å². The molecule has 23 heavy (non-hydrogen) atoms. The Hall–Kier alpha value is -2.37. The summed E-state index contributed by atoms with van der Waals surface area (Å²) in [6.07, 6.45) is 1.39. The Morgan fingerprint density at radius 2 is 1.78 bits per heavy atom. The predicted octanol–water partition coefficient (Wildman–Crippen LogP) is 4.54. The van der Waals surface area contributed by atoms with Crippen LogP contribution in [0.1, 0.15) is 0 Å². The molecule has 0 fully saturated rings. The van der Waals surface area contributed by atoms with Crippen LogP contribution in [0.3, 0.4) is 0 Å². The van der Waals surface area contributed by atoms with Crippen LogP contribution >= 0.6 is 23.2 Å². The van der Waals surface area contributed by atoms with E-state index in [9.17, 15) is 9.50 Å². The van der Waals surface area contributed by atoms with E-state index >= 15 is 0 Å². The van der Waals surface area contributed by atoms with E-state index in [2.05, 4.69) is 9.97 Å². The smallest absolute Gasteiger partial charge is 0.142 e. The molecule has 0 atom stereocenters. The molecule has 0 saturated carbocycles. The van der Waals surface area contributed by atoms with Gasteiger partial charge in [0, 0.05) is 16.1 Å². The van der Waals surface area contributed by atoms with Gasteiger partial charge in [0.2, 0.25) is 0 Å². The lowest BCUT2D eigenvalue weighted by Gasteiger charge is -2.10. The zero-order chi connectivity index (χ0) is 16.6. The van der Waals surface area contributed by atoms with Crippen LogP contribution in [0.15, 0.2) is 42.6 Å². The average molecular weight is 350 g/mol. The van der Waals surface area contributed by atoms with Crippen molar-refractivity contribution in [2.75, 3.05) is 5.73 Å². The maximum absolute atomic E-state index is 13.6. The molecule has 1 aromatic heterocycles. The van der Waals surface area contributed by atoms with Gasteiger partial charge in [0.1, 0.15) is 17.4 Å². The molecule has 0 aliphatic carbocycles. The monoisotopic (exact) mass is 349 g/mol. The fourth-order valence-electron chi connectivity index (χ4n) is 2.16. The van der Waals surface area contributed by atoms with Gasteiger partial charge in [-0.2, -0.15) is 0 Å². The minimum Gasteiger partial charge on any atom is -0.506 e. The molecule has 2 aromatic carbocycles. The SMILES string of the molecule is Nc1cnc(-c2ccc(O)c(Cl)c2)c(-c2cc(F)cc(Cl)c2)n1. The molecular formula is C16H10Cl2FN3O. The molecule has 116 valence electrons. The van der Waals surface area contributed by atoms with Crippen LogP contribution in [0.4, 0.5) is 10.2 Å². The largest absolute Gasteiger partial charge is 0.506 e. The zero-order valence-corrected chi connectivity index (χ0v) is 13.1. The van der Waals surface area contributed by atoms with Crippen molar-refractivity contribution in [1.82, 2.24) is 9.97 Å². The third-order valence-corrected chi connectivity index (χ3v) is 3.67. The number of aromatic hydroxyl groups is 1. The summed E-state index contributed by atoms with van der Waals surface area (Å²) in [5.41, 5.74) is 7.57. The fourth-order valence-corrected chi connectivity index (χ4v) is 2.56. The van der Waals surface area contributed by atoms with Crippen molar-refractivity contribution in [1.29, 1.82) is 0 Å². The van der Waals surface area contributed by atoms with Gasteiger partial charge in [-0.25, -0.2) is 9.37 Å². The van der Waals surface area contributed by atoms with E-state index in [-0.39, 0.29) is 21.6 Å². The lowest BCUT2D eigenvalue weighted by Crippen LogP contribution is -1.98. The highest BCUT2D eigenvalue weighted by molar-refractivity contribution is 6.32. The first-order valence-corrected chi connectivity index (χ1v) is 7.27. The summed E-state index contributed by atoms with van der Waals surface area (Å²) < 4.78 is 13.6. The number of phenolic OH excluding ortho intramolecular Hbond substituents is 1. The van der Waals surface area contributed by atoms with Gasteiger partial charge in [0.25, 0.3) is 0 Å². The first-order chi connectivity index (χ1) is 10.9. The molecule has 7 heteroatoms. The number of benzene rings is 2. The third-order valence-electron chi connectivity index (χ3n) is 3.15. The van der Waals surface area contributed by atoms with Crippen molar-refractivity contribution in [3.63, 3.8) is 0 Å². The van der Waals surface area contributed by atoms with Gasteiger partial charge in [0.15, 0.2) is 0 Å². The summed E-state index contributed by atoms with van der Waals surface area (Å²) >= 11 is 11.9. The second-order valence-corrected chi connectivity index (χ2v) is 5.66. The topological polar surface area (TPSA) is 72.0 Å². The van der Waals surface area contributed by atoms with Gasteiger partial charge in [-0.15, -0.1) is 0 Å². The maximum Gasteiger partial charge on any atom is 0.142 e. The Balaban J connectivity index is 2.24. The Labute approximate surface area is 141 Å². The van der Waals surface area contributed by atoms with E-state index in [1.54, 1.807) is 18.2 Å². The van der Waals surface area contributed by atoms with Crippen LogP contribution in [0.25, 0.3) is 22.5 Å². The first kappa shape index (κ1) is 15.5. The number of halogens is 3. The normalized spacial score (nSPS) is 10.7. The summed E-state index contributed by atoms with van der Waals surface area (Å²) in [6, 6.07) is 8.67. The van der Waals surface area contributed by atoms with Crippen LogP contribution in [0, 0.1) is 5.82 Å². The van der Waals surface area contributed by atoms with E-state index in [1.807, 2.05) is 0 Å². The molecule has 3 rings (SSSR count). The highest BCUT2D eigenvalue weighted by Crippen LogP contribution is 2.34. The number of aromatic nitrogens is 2. The van der Waals surface area contributed by atoms with E-state index in [0.29, 0.717) is 22.5 Å². The number of hydrogen-bond acceptors (Lipinski definition) is 4. The molecule has 0 bridgehead atoms. The molecular weight excluding hydrogens is 340 g/mol. The Kier molecular flexibility index (Phi) is 4.07. The van der Waals surface area contributed by atoms with Crippen LogP contribution in [0.2, 0.25) is 10.0 Å². The summed E-state index contributed by atoms with van der Waals surface area (Å²) in [5.74, 6) is -0.352. The maximum atomic E-state index is 13.6. The molecule has 0 unspecified atom stereocenters. The van der Waals surface area contributed by atoms with Crippen LogP contribution in [0.5, 0.6) is 5.75 Å². The Morgan fingerprint density at radius 1 is 1.00 bits per heavy atom. The minimum atomic E-state index is -0.494. The van der Waals surface area contributed by atoms with Gasteiger partial charge in [-0.3, -0.25) is 4.98 Å². The van der Waals surface area contributed by atoms with E-state index < -0.39 is 5.82 Å².